The van der Waals surface area contributed by atoms with Gasteiger partial charge in [-0.15, -0.1) is 0 Å². The molecule has 1 saturated heterocycles. The van der Waals surface area contributed by atoms with E-state index in [4.69, 9.17) is 0 Å². The van der Waals surface area contributed by atoms with Gasteiger partial charge in [0.25, 0.3) is 5.91 Å². The van der Waals surface area contributed by atoms with Crippen LogP contribution in [0.25, 0.3) is 0 Å². The SMILES string of the molecule is CCCCCCCCCCCCCCC(O)=C1C(=O)CN(C)C1=O. The molecule has 4 heteroatoms. The number of likely N-dealkylation sites (tertiary alicyclic amines) is 1. The first-order valence-corrected chi connectivity index (χ1v) is 9.78. The second kappa shape index (κ2) is 12.1. The molecule has 0 aromatic carbocycles. The second-order valence-corrected chi connectivity index (χ2v) is 7.05. The van der Waals surface area contributed by atoms with Gasteiger partial charge >= 0.3 is 0 Å². The Morgan fingerprint density at radius 3 is 1.75 bits per heavy atom. The summed E-state index contributed by atoms with van der Waals surface area (Å²) in [4.78, 5) is 24.8. The van der Waals surface area contributed by atoms with Crippen molar-refractivity contribution in [1.29, 1.82) is 0 Å². The predicted molar refractivity (Wildman–Crippen MR) is 98.0 cm³/mol. The summed E-state index contributed by atoms with van der Waals surface area (Å²) in [6, 6.07) is 0. The minimum absolute atomic E-state index is 0.0126. The first-order chi connectivity index (χ1) is 11.6. The molecule has 1 rings (SSSR count). The van der Waals surface area contributed by atoms with Crippen molar-refractivity contribution in [3.63, 3.8) is 0 Å². The van der Waals surface area contributed by atoms with Crippen molar-refractivity contribution in [2.24, 2.45) is 0 Å². The lowest BCUT2D eigenvalue weighted by atomic mass is 10.0. The number of aliphatic hydroxyl groups excluding tert-OH is 1. The number of likely N-dealkylation sites (N-methyl/N-ethyl adjacent to an activating group) is 1. The van der Waals surface area contributed by atoms with E-state index in [1.165, 1.54) is 69.1 Å². The fourth-order valence-corrected chi connectivity index (χ4v) is 3.22. The molecule has 138 valence electrons. The third-order valence-corrected chi connectivity index (χ3v) is 4.78. The molecule has 0 spiro atoms. The molecule has 0 radical (unpaired) electrons. The number of hydrogen-bond acceptors (Lipinski definition) is 3. The summed E-state index contributed by atoms with van der Waals surface area (Å²) in [6.45, 7) is 2.34. The Balaban J connectivity index is 2.01. The Morgan fingerprint density at radius 1 is 0.875 bits per heavy atom. The summed E-state index contributed by atoms with van der Waals surface area (Å²) in [5.74, 6) is -0.600. The first-order valence-electron chi connectivity index (χ1n) is 9.78. The lowest BCUT2D eigenvalue weighted by Gasteiger charge is -2.05. The molecular weight excluding hydrogens is 302 g/mol. The number of allylic oxidation sites excluding steroid dienone is 1. The fourth-order valence-electron chi connectivity index (χ4n) is 3.22. The van der Waals surface area contributed by atoms with Crippen LogP contribution in [0.2, 0.25) is 0 Å². The molecular formula is C20H35NO3. The largest absolute Gasteiger partial charge is 0.511 e. The predicted octanol–water partition coefficient (Wildman–Crippen LogP) is 4.93. The number of ketones is 1. The summed E-state index contributed by atoms with van der Waals surface area (Å²) in [5, 5.41) is 9.98. The van der Waals surface area contributed by atoms with Crippen LogP contribution in [0, 0.1) is 0 Å². The van der Waals surface area contributed by atoms with E-state index in [0.29, 0.717) is 6.42 Å². The highest BCUT2D eigenvalue weighted by molar-refractivity contribution is 6.25. The van der Waals surface area contributed by atoms with Crippen LogP contribution < -0.4 is 0 Å². The van der Waals surface area contributed by atoms with Crippen molar-refractivity contribution in [2.45, 2.75) is 90.4 Å². The highest BCUT2D eigenvalue weighted by Gasteiger charge is 2.33. The molecule has 1 amide bonds. The minimum Gasteiger partial charge on any atom is -0.511 e. The lowest BCUT2D eigenvalue weighted by molar-refractivity contribution is -0.123. The maximum atomic E-state index is 11.8. The van der Waals surface area contributed by atoms with Crippen molar-refractivity contribution in [3.8, 4) is 0 Å². The van der Waals surface area contributed by atoms with Crippen molar-refractivity contribution < 1.29 is 14.7 Å². The van der Waals surface area contributed by atoms with Crippen molar-refractivity contribution >= 4 is 11.7 Å². The molecule has 0 unspecified atom stereocenters. The van der Waals surface area contributed by atoms with Crippen molar-refractivity contribution in [3.05, 3.63) is 11.3 Å². The molecule has 1 heterocycles. The topological polar surface area (TPSA) is 57.6 Å². The quantitative estimate of drug-likeness (QED) is 0.224. The zero-order valence-corrected chi connectivity index (χ0v) is 15.6. The van der Waals surface area contributed by atoms with Crippen LogP contribution in [0.1, 0.15) is 90.4 Å². The van der Waals surface area contributed by atoms with E-state index < -0.39 is 0 Å². The zero-order chi connectivity index (χ0) is 17.8. The average molecular weight is 338 g/mol. The maximum Gasteiger partial charge on any atom is 0.261 e. The summed E-state index contributed by atoms with van der Waals surface area (Å²) in [5.41, 5.74) is 0.0144. The minimum atomic E-state index is -0.337. The molecule has 4 nitrogen and oxygen atoms in total. The van der Waals surface area contributed by atoms with Gasteiger partial charge in [0, 0.05) is 13.5 Å². The molecule has 0 saturated carbocycles. The normalized spacial score (nSPS) is 17.0. The van der Waals surface area contributed by atoms with Gasteiger partial charge in [0.1, 0.15) is 11.3 Å². The van der Waals surface area contributed by atoms with Gasteiger partial charge in [-0.1, -0.05) is 77.6 Å². The van der Waals surface area contributed by atoms with E-state index in [1.54, 1.807) is 7.05 Å². The summed E-state index contributed by atoms with van der Waals surface area (Å²) in [7, 11) is 1.59. The Bertz CT molecular complexity index is 429. The van der Waals surface area contributed by atoms with Crippen LogP contribution in [0.15, 0.2) is 11.3 Å². The molecule has 0 aromatic rings. The molecule has 0 bridgehead atoms. The first kappa shape index (κ1) is 20.7. The van der Waals surface area contributed by atoms with Gasteiger partial charge in [0.2, 0.25) is 0 Å². The Hall–Kier alpha value is -1.32. The molecule has 1 fully saturated rings. The molecule has 24 heavy (non-hydrogen) atoms. The Kier molecular flexibility index (Phi) is 10.4. The molecule has 1 aliphatic heterocycles. The van der Waals surface area contributed by atoms with Gasteiger partial charge < -0.3 is 10.0 Å². The lowest BCUT2D eigenvalue weighted by Crippen LogP contribution is -2.19. The summed E-state index contributed by atoms with van der Waals surface area (Å²) >= 11 is 0. The number of nitrogens with zero attached hydrogens (tertiary/aromatic N) is 1. The maximum absolute atomic E-state index is 11.8. The highest BCUT2D eigenvalue weighted by atomic mass is 16.3. The molecule has 0 aliphatic carbocycles. The summed E-state index contributed by atoms with van der Waals surface area (Å²) < 4.78 is 0. The van der Waals surface area contributed by atoms with Gasteiger partial charge in [-0.05, 0) is 6.42 Å². The monoisotopic (exact) mass is 337 g/mol. The molecule has 0 aromatic heterocycles. The number of Topliss-reactive ketones (excluding diaryl/α,β-unsaturated/α-hetero) is 1. The van der Waals surface area contributed by atoms with E-state index in [2.05, 4.69) is 6.92 Å². The van der Waals surface area contributed by atoms with Crippen LogP contribution in [0.3, 0.4) is 0 Å². The van der Waals surface area contributed by atoms with E-state index in [0.717, 1.165) is 12.8 Å². The third-order valence-electron chi connectivity index (χ3n) is 4.78. The van der Waals surface area contributed by atoms with E-state index in [-0.39, 0.29) is 29.6 Å². The molecule has 1 aliphatic rings. The van der Waals surface area contributed by atoms with Crippen molar-refractivity contribution in [2.75, 3.05) is 13.6 Å². The number of carbonyl (C=O) groups is 2. The number of hydrogen-bond donors (Lipinski definition) is 1. The molecule has 1 N–H and O–H groups in total. The number of unbranched alkanes of at least 4 members (excludes halogenated alkanes) is 11. The third kappa shape index (κ3) is 7.50. The Labute approximate surface area is 147 Å². The van der Waals surface area contributed by atoms with Crippen LogP contribution in [-0.2, 0) is 9.59 Å². The highest BCUT2D eigenvalue weighted by Crippen LogP contribution is 2.19. The summed E-state index contributed by atoms with van der Waals surface area (Å²) in [6.07, 6.45) is 15.5. The van der Waals surface area contributed by atoms with Crippen LogP contribution in [0.4, 0.5) is 0 Å². The van der Waals surface area contributed by atoms with Crippen LogP contribution in [-0.4, -0.2) is 35.3 Å². The zero-order valence-electron chi connectivity index (χ0n) is 15.6. The average Bonchev–Trinajstić information content (AvgIpc) is 2.81. The standard InChI is InChI=1S/C20H35NO3/c1-3-4-5-6-7-8-9-10-11-12-13-14-15-17(22)19-18(23)16-21(2)20(19)24/h22H,3-16H2,1-2H3. The van der Waals surface area contributed by atoms with Gasteiger partial charge in [-0.2, -0.15) is 0 Å². The van der Waals surface area contributed by atoms with Crippen LogP contribution in [0.5, 0.6) is 0 Å². The smallest absolute Gasteiger partial charge is 0.261 e. The van der Waals surface area contributed by atoms with Crippen molar-refractivity contribution in [1.82, 2.24) is 4.90 Å². The second-order valence-electron chi connectivity index (χ2n) is 7.05. The van der Waals surface area contributed by atoms with Gasteiger partial charge in [0.05, 0.1) is 6.54 Å². The van der Waals surface area contributed by atoms with Gasteiger partial charge in [-0.25, -0.2) is 0 Å². The number of amides is 1. The van der Waals surface area contributed by atoms with E-state index >= 15 is 0 Å². The van der Waals surface area contributed by atoms with E-state index in [9.17, 15) is 14.7 Å². The number of carbonyl (C=O) groups excluding carboxylic acids is 2. The van der Waals surface area contributed by atoms with Gasteiger partial charge in [0.15, 0.2) is 5.78 Å². The number of rotatable bonds is 13. The van der Waals surface area contributed by atoms with E-state index in [1.807, 2.05) is 0 Å². The fraction of sp³-hybridized carbons (Fsp3) is 0.800. The number of aliphatic hydroxyl groups is 1. The Morgan fingerprint density at radius 2 is 1.33 bits per heavy atom. The van der Waals surface area contributed by atoms with Gasteiger partial charge in [-0.3, -0.25) is 9.59 Å². The van der Waals surface area contributed by atoms with Crippen LogP contribution >= 0.6 is 0 Å². The molecule has 0 atom stereocenters.